The minimum Gasteiger partial charge on any atom is -0.870 e. The Bertz CT molecular complexity index is 4050. The third-order valence-corrected chi connectivity index (χ3v) is 22.4. The minimum atomic E-state index is -1.12. The summed E-state index contributed by atoms with van der Waals surface area (Å²) >= 11 is 7.50. The summed E-state index contributed by atoms with van der Waals surface area (Å²) in [5.74, 6) is -1.46. The number of aromatic nitrogens is 5. The molecule has 6 fully saturated rings. The van der Waals surface area contributed by atoms with Crippen molar-refractivity contribution in [3.05, 3.63) is 152 Å². The Morgan fingerprint density at radius 1 is 0.561 bits per heavy atom. The van der Waals surface area contributed by atoms with E-state index in [1.165, 1.54) is 112 Å². The number of hydrogen-bond donors (Lipinski definition) is 6. The van der Waals surface area contributed by atoms with E-state index in [0.717, 1.165) is 68.2 Å². The van der Waals surface area contributed by atoms with Crippen LogP contribution in [0.2, 0.25) is 0 Å². The molecular weight excluding hydrogens is 1440 g/mol. The normalized spacial score (nSPS) is 17.1. The third-order valence-electron chi connectivity index (χ3n) is 20.4. The summed E-state index contributed by atoms with van der Waals surface area (Å²) in [6.45, 7) is 2.37. The molecule has 0 saturated heterocycles. The summed E-state index contributed by atoms with van der Waals surface area (Å²) in [5.41, 5.74) is 7.61. The van der Waals surface area contributed by atoms with Crippen LogP contribution in [0.4, 0.5) is 0 Å². The van der Waals surface area contributed by atoms with Crippen molar-refractivity contribution in [1.82, 2.24) is 39.6 Å². The van der Waals surface area contributed by atoms with Gasteiger partial charge in [-0.3, -0.25) is 24.6 Å². The van der Waals surface area contributed by atoms with Crippen molar-refractivity contribution in [1.29, 1.82) is 0 Å². The molecule has 24 heteroatoms. The molecule has 5 aromatic heterocycles. The van der Waals surface area contributed by atoms with Gasteiger partial charge in [-0.2, -0.15) is 18.2 Å². The summed E-state index contributed by atoms with van der Waals surface area (Å²) in [6.07, 6.45) is 27.6. The number of nitrogens with zero attached hydrogens (tertiary/aromatic N) is 5. The predicted molar refractivity (Wildman–Crippen MR) is 374 cm³/mol. The van der Waals surface area contributed by atoms with Crippen LogP contribution >= 0.6 is 31.9 Å². The van der Waals surface area contributed by atoms with Gasteiger partial charge in [0.15, 0.2) is 0 Å². The molecule has 0 atom stereocenters. The first-order valence-electron chi connectivity index (χ1n) is 33.5. The number of ether oxygens (including phenoxy) is 1. The standard InChI is InChI=1S/C25H27N3O3.C21H25BrN2O3.C20H23BrN2O3.C5H4N.C3H8O2.Na.H2O.Zn/c1-28-20-15-17(23(29)27-25(24(30)31)12-6-13-25)10-11-18(20)21(16-7-2-3-8-16)22(28)19-9-4-5-14-26-19;1-24-16-12-14(19(25)23-21(10-5-11-21)20(26)27-2)8-9-15(16)17(18(24)22)13-6-3-4-7-13;1-23-15-11-13(18(24)22-20(19(25)26)9-4-10-20)7-8-14(15)16(17(23)21)12-5-2-3-6-12;1-2-4-6-5-3-1;1-2-3-5-4;;;/h4-5,9-11,14-16H,2-3,6-8,12-13H2,1H3,(H,27,29)(H,30,31);8-9,12-13H,3-7,10-11H2,1-2H3,(H,23,25);7-8,11-12H,2-6,9-10H2,1H3,(H,22,24)(H,25,26);1-4H;4H,2-3H2,1H3;;1H2;/q;;;-1;;+1;;/p-1. The van der Waals surface area contributed by atoms with Gasteiger partial charge >= 0.3 is 47.5 Å². The Morgan fingerprint density at radius 3 is 1.24 bits per heavy atom. The Balaban J connectivity index is 0.000000189. The number of halogens is 2. The van der Waals surface area contributed by atoms with Crippen LogP contribution in [0.5, 0.6) is 0 Å². The van der Waals surface area contributed by atoms with Crippen LogP contribution in [0, 0.1) is 6.20 Å². The van der Waals surface area contributed by atoms with E-state index in [1.54, 1.807) is 12.3 Å². The molecule has 8 aromatic rings. The first-order chi connectivity index (χ1) is 45.8. The van der Waals surface area contributed by atoms with Crippen molar-refractivity contribution in [3.8, 4) is 11.4 Å². The molecule has 514 valence electrons. The number of nitrogens with one attached hydrogen (secondary N) is 3. The number of carbonyl (C=O) groups excluding carboxylic acids is 4. The van der Waals surface area contributed by atoms with Gasteiger partial charge in [0.1, 0.15) is 16.6 Å². The number of amides is 3. The SMILES string of the molecule is CCCOO.COC(=O)C1(NC(=O)c2ccc3c(C4CCCC4)c(Br)n(C)c3c2)CCC1.Cn1c(-c2ccccn2)c(C2CCCC2)c2ccc(C(=O)NC3(C(=O)O)CCC3)cc21.Cn1c(Br)c(C2CCCC2)c2ccc(C(=O)NC3(C(=O)O)CCC3)cc21.[Na+].[OH-].[Zn].[c-]1ccccn1. The fraction of sp³-hybridized carbons (Fsp3) is 0.459. The number of hydrogen-bond acceptors (Lipinski definition) is 12. The summed E-state index contributed by atoms with van der Waals surface area (Å²) in [4.78, 5) is 85.7. The number of rotatable bonds is 15. The van der Waals surface area contributed by atoms with Gasteiger partial charge in [-0.25, -0.2) is 19.3 Å². The van der Waals surface area contributed by atoms with Crippen LogP contribution in [-0.2, 0) is 64.6 Å². The first kappa shape index (κ1) is 79.2. The molecule has 5 heterocycles. The van der Waals surface area contributed by atoms with E-state index in [-0.39, 0.29) is 78.2 Å². The van der Waals surface area contributed by atoms with Gasteiger partial charge in [-0.1, -0.05) is 82.1 Å². The maximum atomic E-state index is 12.9. The van der Waals surface area contributed by atoms with Gasteiger partial charge in [-0.15, -0.1) is 0 Å². The molecule has 0 radical (unpaired) electrons. The van der Waals surface area contributed by atoms with Crippen molar-refractivity contribution in [2.45, 2.75) is 183 Å². The van der Waals surface area contributed by atoms with E-state index in [0.29, 0.717) is 79.6 Å². The summed E-state index contributed by atoms with van der Waals surface area (Å²) in [5, 5.41) is 38.5. The maximum Gasteiger partial charge on any atom is 1.00 e. The number of carboxylic acid groups (broad SMARTS) is 2. The van der Waals surface area contributed by atoms with Crippen LogP contribution in [0.3, 0.4) is 0 Å². The van der Waals surface area contributed by atoms with Crippen LogP contribution in [0.25, 0.3) is 44.1 Å². The second-order valence-electron chi connectivity index (χ2n) is 26.3. The van der Waals surface area contributed by atoms with E-state index < -0.39 is 28.6 Å². The number of carbonyl (C=O) groups is 6. The van der Waals surface area contributed by atoms with E-state index >= 15 is 0 Å². The number of fused-ring (bicyclic) bond motifs is 3. The molecule has 0 aliphatic heterocycles. The quantitative estimate of drug-likeness (QED) is 0.0183. The van der Waals surface area contributed by atoms with Crippen molar-refractivity contribution in [2.24, 2.45) is 21.1 Å². The van der Waals surface area contributed by atoms with Crippen molar-refractivity contribution in [2.75, 3.05) is 13.7 Å². The number of esters is 1. The second kappa shape index (κ2) is 35.5. The molecule has 0 bridgehead atoms. The van der Waals surface area contributed by atoms with Gasteiger partial charge in [0.2, 0.25) is 0 Å². The Hall–Kier alpha value is -6.14. The Labute approximate surface area is 624 Å². The Kier molecular flexibility index (Phi) is 28.6. The molecule has 0 spiro atoms. The molecule has 98 heavy (non-hydrogen) atoms. The summed E-state index contributed by atoms with van der Waals surface area (Å²) < 4.78 is 13.4. The molecule has 14 rings (SSSR count). The van der Waals surface area contributed by atoms with E-state index in [1.807, 2.05) is 119 Å². The maximum absolute atomic E-state index is 12.9. The number of aryl methyl sites for hydroxylation is 3. The zero-order chi connectivity index (χ0) is 67.6. The average molecular weight is 1530 g/mol. The van der Waals surface area contributed by atoms with E-state index in [4.69, 9.17) is 9.99 Å². The molecule has 0 unspecified atom stereocenters. The zero-order valence-electron chi connectivity index (χ0n) is 57.1. The fourth-order valence-corrected chi connectivity index (χ4v) is 16.0. The van der Waals surface area contributed by atoms with Crippen molar-refractivity contribution in [3.63, 3.8) is 0 Å². The van der Waals surface area contributed by atoms with Gasteiger partial charge in [-0.05, 0) is 218 Å². The molecule has 3 amide bonds. The van der Waals surface area contributed by atoms with Crippen LogP contribution in [-0.4, -0.2) is 111 Å². The van der Waals surface area contributed by atoms with E-state index in [2.05, 4.69) is 82.6 Å². The zero-order valence-corrected chi connectivity index (χ0v) is 65.2. The summed E-state index contributed by atoms with van der Waals surface area (Å²) in [7, 11) is 7.41. The molecule has 3 aromatic carbocycles. The van der Waals surface area contributed by atoms with Gasteiger partial charge in [0.05, 0.1) is 34.3 Å². The molecule has 7 N–H and O–H groups in total. The van der Waals surface area contributed by atoms with Gasteiger partial charge in [0, 0.05) is 96.2 Å². The molecule has 6 aliphatic rings. The summed E-state index contributed by atoms with van der Waals surface area (Å²) in [6, 6.07) is 28.8. The number of aliphatic carboxylic acids is 2. The second-order valence-corrected chi connectivity index (χ2v) is 27.8. The molecule has 20 nitrogen and oxygen atoms in total. The number of pyridine rings is 2. The van der Waals surface area contributed by atoms with Crippen molar-refractivity contribution < 1.29 is 108 Å². The molecular formula is C74H88Br2N8NaO12Zn-. The number of benzene rings is 3. The smallest absolute Gasteiger partial charge is 0.870 e. The topological polar surface area (TPSA) is 288 Å². The van der Waals surface area contributed by atoms with E-state index in [9.17, 15) is 39.0 Å². The molecule has 6 saturated carbocycles. The van der Waals surface area contributed by atoms with Crippen LogP contribution in [0.1, 0.15) is 214 Å². The first-order valence-corrected chi connectivity index (χ1v) is 35.1. The Morgan fingerprint density at radius 2 is 0.949 bits per heavy atom. The predicted octanol–water partition coefficient (Wildman–Crippen LogP) is 12.0. The largest absolute Gasteiger partial charge is 1.00 e. The minimum absolute atomic E-state index is 0. The average Bonchev–Trinajstić information content (AvgIpc) is 1.56. The monoisotopic (exact) mass is 1530 g/mol. The van der Waals surface area contributed by atoms with Crippen LogP contribution in [0.15, 0.2) is 113 Å². The number of methoxy groups -OCH3 is 1. The molecule has 6 aliphatic carbocycles. The van der Waals surface area contributed by atoms with Gasteiger partial charge in [0.25, 0.3) is 17.7 Å². The van der Waals surface area contributed by atoms with Crippen molar-refractivity contribution >= 4 is 100 Å². The fourth-order valence-electron chi connectivity index (χ4n) is 14.6. The van der Waals surface area contributed by atoms with Crippen LogP contribution < -0.4 is 45.5 Å². The third kappa shape index (κ3) is 16.9. The van der Waals surface area contributed by atoms with Gasteiger partial charge < -0.3 is 55.1 Å². The number of carboxylic acids is 2.